The molecule has 0 spiro atoms. The molecule has 0 saturated heterocycles. The summed E-state index contributed by atoms with van der Waals surface area (Å²) in [6, 6.07) is 0.134. The molecule has 4 aromatic rings. The van der Waals surface area contributed by atoms with Gasteiger partial charge in [-0.05, 0) is 26.7 Å². The van der Waals surface area contributed by atoms with Crippen LogP contribution < -0.4 is 5.56 Å². The fourth-order valence-corrected chi connectivity index (χ4v) is 3.87. The lowest BCUT2D eigenvalue weighted by Crippen LogP contribution is -2.29. The molecule has 0 bridgehead atoms. The number of fused-ring (bicyclic) bond motifs is 5. The maximum atomic E-state index is 13.3. The first-order valence-electron chi connectivity index (χ1n) is 9.79. The molecular formula is C20H24N6O2. The van der Waals surface area contributed by atoms with E-state index in [9.17, 15) is 9.59 Å². The van der Waals surface area contributed by atoms with Gasteiger partial charge in [0.05, 0.1) is 28.2 Å². The van der Waals surface area contributed by atoms with Crippen LogP contribution >= 0.6 is 0 Å². The molecule has 8 heteroatoms. The zero-order valence-corrected chi connectivity index (χ0v) is 16.9. The van der Waals surface area contributed by atoms with Crippen LogP contribution in [-0.4, -0.2) is 34.9 Å². The highest BCUT2D eigenvalue weighted by Crippen LogP contribution is 2.27. The molecule has 0 fully saturated rings. The summed E-state index contributed by atoms with van der Waals surface area (Å²) in [6.07, 6.45) is 4.92. The van der Waals surface area contributed by atoms with Crippen molar-refractivity contribution in [2.24, 2.45) is 0 Å². The Labute approximate surface area is 161 Å². The van der Waals surface area contributed by atoms with E-state index < -0.39 is 0 Å². The third-order valence-electron chi connectivity index (χ3n) is 5.22. The van der Waals surface area contributed by atoms with Gasteiger partial charge in [-0.25, -0.2) is 18.7 Å². The van der Waals surface area contributed by atoms with E-state index in [2.05, 4.69) is 10.1 Å². The number of nitrogens with zero attached hydrogens (tertiary/aromatic N) is 6. The van der Waals surface area contributed by atoms with Gasteiger partial charge in [-0.3, -0.25) is 9.59 Å². The van der Waals surface area contributed by atoms with Gasteiger partial charge in [0.1, 0.15) is 5.65 Å². The zero-order chi connectivity index (χ0) is 20.2. The minimum atomic E-state index is -0.349. The summed E-state index contributed by atoms with van der Waals surface area (Å²) in [7, 11) is 0. The van der Waals surface area contributed by atoms with Crippen LogP contribution in [0.2, 0.25) is 0 Å². The number of hydrogen-bond acceptors (Lipinski definition) is 5. The molecule has 0 N–H and O–H groups in total. The van der Waals surface area contributed by atoms with Crippen LogP contribution in [0.4, 0.5) is 0 Å². The van der Waals surface area contributed by atoms with E-state index in [4.69, 9.17) is 5.10 Å². The highest BCUT2D eigenvalue weighted by Gasteiger charge is 2.24. The molecule has 0 unspecified atom stereocenters. The first-order valence-corrected chi connectivity index (χ1v) is 9.79. The SMILES string of the molecule is CCC(=O)n1c(=O)c2cnc3c(cnn3C(C)C)c2n2nc(CC)c(CC)c12. The highest BCUT2D eigenvalue weighted by molar-refractivity contribution is 6.03. The van der Waals surface area contributed by atoms with Crippen LogP contribution in [0.1, 0.15) is 63.1 Å². The number of pyridine rings is 1. The van der Waals surface area contributed by atoms with Gasteiger partial charge < -0.3 is 0 Å². The minimum Gasteiger partial charge on any atom is -0.274 e. The molecule has 0 aromatic carbocycles. The fraction of sp³-hybridized carbons (Fsp3) is 0.450. The number of hydrogen-bond donors (Lipinski definition) is 0. The summed E-state index contributed by atoms with van der Waals surface area (Å²) in [5, 5.41) is 10.4. The van der Waals surface area contributed by atoms with Crippen molar-refractivity contribution in [3.05, 3.63) is 34.0 Å². The lowest BCUT2D eigenvalue weighted by atomic mass is 10.1. The number of rotatable bonds is 4. The average Bonchev–Trinajstić information content (AvgIpc) is 3.28. The summed E-state index contributed by atoms with van der Waals surface area (Å²) < 4.78 is 4.85. The van der Waals surface area contributed by atoms with Gasteiger partial charge in [0.25, 0.3) is 5.56 Å². The maximum absolute atomic E-state index is 13.3. The van der Waals surface area contributed by atoms with E-state index in [0.717, 1.165) is 23.1 Å². The number of carbonyl (C=O) groups is 1. The third kappa shape index (κ3) is 2.33. The van der Waals surface area contributed by atoms with Crippen LogP contribution in [0.5, 0.6) is 0 Å². The largest absolute Gasteiger partial charge is 0.274 e. The van der Waals surface area contributed by atoms with Crippen molar-refractivity contribution in [2.45, 2.75) is 59.9 Å². The van der Waals surface area contributed by atoms with Crippen molar-refractivity contribution >= 4 is 33.5 Å². The van der Waals surface area contributed by atoms with Crippen LogP contribution in [-0.2, 0) is 12.8 Å². The molecule has 4 aromatic heterocycles. The van der Waals surface area contributed by atoms with E-state index >= 15 is 0 Å². The van der Waals surface area contributed by atoms with Crippen molar-refractivity contribution in [1.82, 2.24) is 28.9 Å². The highest BCUT2D eigenvalue weighted by atomic mass is 16.2. The molecule has 0 aliphatic carbocycles. The predicted octanol–water partition coefficient (Wildman–Crippen LogP) is 3.15. The first-order chi connectivity index (χ1) is 13.4. The molecule has 0 amide bonds. The van der Waals surface area contributed by atoms with E-state index in [1.807, 2.05) is 32.4 Å². The van der Waals surface area contributed by atoms with Gasteiger partial charge >= 0.3 is 0 Å². The predicted molar refractivity (Wildman–Crippen MR) is 108 cm³/mol. The Morgan fingerprint density at radius 3 is 2.46 bits per heavy atom. The fourth-order valence-electron chi connectivity index (χ4n) is 3.87. The number of carbonyl (C=O) groups excluding carboxylic acids is 1. The molecule has 0 atom stereocenters. The monoisotopic (exact) mass is 380 g/mol. The van der Waals surface area contributed by atoms with Crippen LogP contribution in [0, 0.1) is 0 Å². The smallest absolute Gasteiger partial charge is 0.270 e. The quantitative estimate of drug-likeness (QED) is 0.543. The standard InChI is InChI=1S/C20H24N6O2/c1-6-12-15(7-2)23-26-17-13-10-22-25(11(4)5)18(13)21-9-14(17)20(28)24(19(12)26)16(27)8-3/h9-11H,6-8H2,1-5H3. The molecule has 4 heterocycles. The van der Waals surface area contributed by atoms with Crippen LogP contribution in [0.3, 0.4) is 0 Å². The molecule has 0 saturated carbocycles. The lowest BCUT2D eigenvalue weighted by molar-refractivity contribution is 0.0909. The second-order valence-electron chi connectivity index (χ2n) is 7.20. The van der Waals surface area contributed by atoms with Crippen LogP contribution in [0.25, 0.3) is 27.6 Å². The zero-order valence-electron chi connectivity index (χ0n) is 16.9. The molecule has 28 heavy (non-hydrogen) atoms. The van der Waals surface area contributed by atoms with E-state index in [-0.39, 0.29) is 23.9 Å². The molecule has 0 radical (unpaired) electrons. The summed E-state index contributed by atoms with van der Waals surface area (Å²) in [4.78, 5) is 30.5. The van der Waals surface area contributed by atoms with E-state index in [0.29, 0.717) is 28.6 Å². The number of aryl methyl sites for hydroxylation is 2. The second-order valence-corrected chi connectivity index (χ2v) is 7.20. The normalized spacial score (nSPS) is 12.1. The van der Waals surface area contributed by atoms with E-state index in [1.54, 1.807) is 23.8 Å². The van der Waals surface area contributed by atoms with Gasteiger partial charge in [-0.1, -0.05) is 20.8 Å². The van der Waals surface area contributed by atoms with Crippen molar-refractivity contribution < 1.29 is 4.79 Å². The summed E-state index contributed by atoms with van der Waals surface area (Å²) in [6.45, 7) is 9.87. The Balaban J connectivity index is 2.32. The molecule has 8 nitrogen and oxygen atoms in total. The molecule has 4 rings (SSSR count). The Hall–Kier alpha value is -3.03. The third-order valence-corrected chi connectivity index (χ3v) is 5.22. The molecule has 0 aliphatic rings. The summed E-state index contributed by atoms with van der Waals surface area (Å²) in [5.41, 5.74) is 3.41. The molecule has 146 valence electrons. The van der Waals surface area contributed by atoms with Crippen molar-refractivity contribution in [3.8, 4) is 0 Å². The van der Waals surface area contributed by atoms with Crippen molar-refractivity contribution in [2.75, 3.05) is 0 Å². The van der Waals surface area contributed by atoms with Gasteiger partial charge in [-0.15, -0.1) is 0 Å². The molecular weight excluding hydrogens is 356 g/mol. The summed E-state index contributed by atoms with van der Waals surface area (Å²) >= 11 is 0. The average molecular weight is 380 g/mol. The summed E-state index contributed by atoms with van der Waals surface area (Å²) in [5.74, 6) is -0.243. The Morgan fingerprint density at radius 2 is 1.86 bits per heavy atom. The Bertz CT molecular complexity index is 1290. The van der Waals surface area contributed by atoms with Gasteiger partial charge in [-0.2, -0.15) is 10.2 Å². The van der Waals surface area contributed by atoms with Crippen molar-refractivity contribution in [3.63, 3.8) is 0 Å². The second kappa shape index (κ2) is 6.54. The Morgan fingerprint density at radius 1 is 1.11 bits per heavy atom. The van der Waals surface area contributed by atoms with Gasteiger partial charge in [0.2, 0.25) is 5.91 Å². The van der Waals surface area contributed by atoms with Gasteiger partial charge in [0.15, 0.2) is 5.65 Å². The topological polar surface area (TPSA) is 87.1 Å². The van der Waals surface area contributed by atoms with Crippen LogP contribution in [0.15, 0.2) is 17.2 Å². The minimum absolute atomic E-state index is 0.134. The molecule has 0 aliphatic heterocycles. The van der Waals surface area contributed by atoms with E-state index in [1.165, 1.54) is 4.57 Å². The lowest BCUT2D eigenvalue weighted by Gasteiger charge is -2.11. The Kier molecular flexibility index (Phi) is 4.28. The maximum Gasteiger partial charge on any atom is 0.270 e. The number of aromatic nitrogens is 6. The first kappa shape index (κ1) is 18.3. The van der Waals surface area contributed by atoms with Gasteiger partial charge in [0, 0.05) is 24.2 Å². The van der Waals surface area contributed by atoms with Crippen molar-refractivity contribution in [1.29, 1.82) is 0 Å².